The zero-order valence-electron chi connectivity index (χ0n) is 14.2. The van der Waals surface area contributed by atoms with Gasteiger partial charge in [0.1, 0.15) is 11.2 Å². The SMILES string of the molecule is COc1ccc(/C=C\C(=O)C2(C(=O)NCc3ccccc3)CC2)cc1. The van der Waals surface area contributed by atoms with Gasteiger partial charge in [-0.15, -0.1) is 0 Å². The Morgan fingerprint density at radius 3 is 2.36 bits per heavy atom. The van der Waals surface area contributed by atoms with Gasteiger partial charge >= 0.3 is 0 Å². The van der Waals surface area contributed by atoms with Crippen LogP contribution < -0.4 is 10.1 Å². The Hall–Kier alpha value is -2.88. The van der Waals surface area contributed by atoms with E-state index in [2.05, 4.69) is 5.32 Å². The standard InChI is InChI=1S/C21H21NO3/c1-25-18-10-7-16(8-11-18)9-12-19(23)21(13-14-21)20(24)22-15-17-5-3-2-4-6-17/h2-12H,13-15H2,1H3,(H,22,24)/b12-9-. The number of methoxy groups -OCH3 is 1. The Balaban J connectivity index is 1.60. The van der Waals surface area contributed by atoms with Gasteiger partial charge in [0, 0.05) is 6.54 Å². The smallest absolute Gasteiger partial charge is 0.234 e. The Labute approximate surface area is 147 Å². The zero-order valence-corrected chi connectivity index (χ0v) is 14.2. The van der Waals surface area contributed by atoms with Gasteiger partial charge in [0.05, 0.1) is 7.11 Å². The van der Waals surface area contributed by atoms with Crippen molar-refractivity contribution in [3.8, 4) is 5.75 Å². The molecule has 0 atom stereocenters. The maximum absolute atomic E-state index is 12.5. The van der Waals surface area contributed by atoms with E-state index in [9.17, 15) is 9.59 Å². The number of rotatable bonds is 7. The normalized spacial score (nSPS) is 14.9. The van der Waals surface area contributed by atoms with E-state index < -0.39 is 5.41 Å². The van der Waals surface area contributed by atoms with Crippen molar-refractivity contribution in [1.29, 1.82) is 0 Å². The summed E-state index contributed by atoms with van der Waals surface area (Å²) in [7, 11) is 1.61. The van der Waals surface area contributed by atoms with Gasteiger partial charge in [0.15, 0.2) is 5.78 Å². The molecule has 25 heavy (non-hydrogen) atoms. The molecule has 2 aromatic carbocycles. The van der Waals surface area contributed by atoms with Crippen LogP contribution in [-0.4, -0.2) is 18.8 Å². The quantitative estimate of drug-likeness (QED) is 0.623. The second-order valence-corrected chi connectivity index (χ2v) is 6.22. The van der Waals surface area contributed by atoms with Crippen molar-refractivity contribution in [2.45, 2.75) is 19.4 Å². The molecule has 0 unspecified atom stereocenters. The first-order chi connectivity index (χ1) is 12.1. The van der Waals surface area contributed by atoms with Gasteiger partial charge in [-0.3, -0.25) is 9.59 Å². The van der Waals surface area contributed by atoms with Gasteiger partial charge in [-0.2, -0.15) is 0 Å². The Morgan fingerprint density at radius 2 is 1.76 bits per heavy atom. The third-order valence-corrected chi connectivity index (χ3v) is 4.50. The highest BCUT2D eigenvalue weighted by molar-refractivity contribution is 6.14. The number of ketones is 1. The van der Waals surface area contributed by atoms with Crippen LogP contribution in [0.5, 0.6) is 5.75 Å². The third kappa shape index (κ3) is 3.97. The van der Waals surface area contributed by atoms with Crippen LogP contribution in [0.2, 0.25) is 0 Å². The molecule has 0 aromatic heterocycles. The molecular formula is C21H21NO3. The summed E-state index contributed by atoms with van der Waals surface area (Å²) in [4.78, 5) is 25.0. The Bertz CT molecular complexity index is 775. The molecule has 0 saturated heterocycles. The predicted octanol–water partition coefficient (Wildman–Crippen LogP) is 3.37. The van der Waals surface area contributed by atoms with E-state index in [1.807, 2.05) is 54.6 Å². The Kier molecular flexibility index (Phi) is 4.98. The second kappa shape index (κ2) is 7.34. The summed E-state index contributed by atoms with van der Waals surface area (Å²) >= 11 is 0. The number of amides is 1. The number of benzene rings is 2. The van der Waals surface area contributed by atoms with E-state index in [-0.39, 0.29) is 11.7 Å². The van der Waals surface area contributed by atoms with Crippen LogP contribution in [0.25, 0.3) is 6.08 Å². The molecule has 1 aliphatic rings. The first kappa shape index (κ1) is 17.0. The van der Waals surface area contributed by atoms with Crippen LogP contribution in [0.4, 0.5) is 0 Å². The number of allylic oxidation sites excluding steroid dienone is 1. The molecule has 2 aromatic rings. The summed E-state index contributed by atoms with van der Waals surface area (Å²) in [6, 6.07) is 17.1. The van der Waals surface area contributed by atoms with Gasteiger partial charge in [0.25, 0.3) is 0 Å². The summed E-state index contributed by atoms with van der Waals surface area (Å²) in [6.45, 7) is 0.441. The zero-order chi connectivity index (χ0) is 17.7. The average molecular weight is 335 g/mol. The fourth-order valence-electron chi connectivity index (χ4n) is 2.70. The van der Waals surface area contributed by atoms with E-state index in [0.29, 0.717) is 19.4 Å². The first-order valence-corrected chi connectivity index (χ1v) is 8.33. The van der Waals surface area contributed by atoms with E-state index in [1.165, 1.54) is 6.08 Å². The van der Waals surface area contributed by atoms with Crippen molar-refractivity contribution in [1.82, 2.24) is 5.32 Å². The molecule has 128 valence electrons. The molecule has 4 heteroatoms. The second-order valence-electron chi connectivity index (χ2n) is 6.22. The van der Waals surface area contributed by atoms with Crippen LogP contribution in [-0.2, 0) is 16.1 Å². The van der Waals surface area contributed by atoms with Crippen molar-refractivity contribution in [2.24, 2.45) is 5.41 Å². The number of hydrogen-bond acceptors (Lipinski definition) is 3. The number of hydrogen-bond donors (Lipinski definition) is 1. The van der Waals surface area contributed by atoms with Crippen molar-refractivity contribution >= 4 is 17.8 Å². The highest BCUT2D eigenvalue weighted by atomic mass is 16.5. The lowest BCUT2D eigenvalue weighted by molar-refractivity contribution is -0.133. The molecular weight excluding hydrogens is 314 g/mol. The van der Waals surface area contributed by atoms with Gasteiger partial charge in [0.2, 0.25) is 5.91 Å². The minimum Gasteiger partial charge on any atom is -0.497 e. The fourth-order valence-corrected chi connectivity index (χ4v) is 2.70. The lowest BCUT2D eigenvalue weighted by Gasteiger charge is -2.12. The van der Waals surface area contributed by atoms with E-state index in [0.717, 1.165) is 16.9 Å². The molecule has 1 saturated carbocycles. The molecule has 0 radical (unpaired) electrons. The molecule has 0 aliphatic heterocycles. The maximum atomic E-state index is 12.5. The fraction of sp³-hybridized carbons (Fsp3) is 0.238. The van der Waals surface area contributed by atoms with E-state index in [1.54, 1.807) is 13.2 Å². The molecule has 3 rings (SSSR count). The van der Waals surface area contributed by atoms with Crippen LogP contribution >= 0.6 is 0 Å². The van der Waals surface area contributed by atoms with E-state index >= 15 is 0 Å². The number of nitrogens with one attached hydrogen (secondary N) is 1. The topological polar surface area (TPSA) is 55.4 Å². The van der Waals surface area contributed by atoms with Gasteiger partial charge in [-0.1, -0.05) is 48.5 Å². The minimum absolute atomic E-state index is 0.131. The first-order valence-electron chi connectivity index (χ1n) is 8.33. The number of carbonyl (C=O) groups is 2. The van der Waals surface area contributed by atoms with Crippen LogP contribution in [0.1, 0.15) is 24.0 Å². The lowest BCUT2D eigenvalue weighted by Crippen LogP contribution is -2.36. The van der Waals surface area contributed by atoms with Crippen molar-refractivity contribution in [3.63, 3.8) is 0 Å². The molecule has 1 amide bonds. The highest BCUT2D eigenvalue weighted by Gasteiger charge is 2.54. The van der Waals surface area contributed by atoms with Gasteiger partial charge in [-0.05, 0) is 42.2 Å². The molecule has 4 nitrogen and oxygen atoms in total. The average Bonchev–Trinajstić information content (AvgIpc) is 3.47. The van der Waals surface area contributed by atoms with Crippen molar-refractivity contribution in [3.05, 3.63) is 71.8 Å². The maximum Gasteiger partial charge on any atom is 0.234 e. The molecule has 1 fully saturated rings. The predicted molar refractivity (Wildman–Crippen MR) is 97.0 cm³/mol. The third-order valence-electron chi connectivity index (χ3n) is 4.50. The van der Waals surface area contributed by atoms with Gasteiger partial charge in [-0.25, -0.2) is 0 Å². The molecule has 0 bridgehead atoms. The summed E-state index contributed by atoms with van der Waals surface area (Å²) in [5.41, 5.74) is 1.04. The minimum atomic E-state index is -0.877. The molecule has 0 heterocycles. The molecule has 1 N–H and O–H groups in total. The monoisotopic (exact) mass is 335 g/mol. The molecule has 0 spiro atoms. The van der Waals surface area contributed by atoms with Crippen LogP contribution in [0.15, 0.2) is 60.7 Å². The van der Waals surface area contributed by atoms with E-state index in [4.69, 9.17) is 4.74 Å². The summed E-state index contributed by atoms with van der Waals surface area (Å²) in [5.74, 6) is 0.456. The largest absolute Gasteiger partial charge is 0.497 e. The summed E-state index contributed by atoms with van der Waals surface area (Å²) in [6.07, 6.45) is 4.47. The lowest BCUT2D eigenvalue weighted by atomic mass is 9.98. The number of carbonyl (C=O) groups excluding carboxylic acids is 2. The highest BCUT2D eigenvalue weighted by Crippen LogP contribution is 2.47. The van der Waals surface area contributed by atoms with Crippen molar-refractivity contribution < 1.29 is 14.3 Å². The van der Waals surface area contributed by atoms with Gasteiger partial charge < -0.3 is 10.1 Å². The molecule has 1 aliphatic carbocycles. The van der Waals surface area contributed by atoms with Crippen LogP contribution in [0, 0.1) is 5.41 Å². The summed E-state index contributed by atoms with van der Waals surface area (Å²) < 4.78 is 5.11. The number of ether oxygens (including phenoxy) is 1. The van der Waals surface area contributed by atoms with Crippen molar-refractivity contribution in [2.75, 3.05) is 7.11 Å². The summed E-state index contributed by atoms with van der Waals surface area (Å²) in [5, 5.41) is 2.89. The van der Waals surface area contributed by atoms with Crippen LogP contribution in [0.3, 0.4) is 0 Å². The Morgan fingerprint density at radius 1 is 1.08 bits per heavy atom.